The molecule has 134 valence electrons. The quantitative estimate of drug-likeness (QED) is 0.924. The largest absolute Gasteiger partial charge is 0.496 e. The molecule has 0 spiro atoms. The van der Waals surface area contributed by atoms with Gasteiger partial charge in [0.15, 0.2) is 0 Å². The molecule has 1 fully saturated rings. The van der Waals surface area contributed by atoms with Crippen LogP contribution in [0.5, 0.6) is 5.75 Å². The number of hydrogen-bond donors (Lipinski definition) is 1. The van der Waals surface area contributed by atoms with Gasteiger partial charge in [-0.05, 0) is 61.9 Å². The van der Waals surface area contributed by atoms with E-state index in [0.29, 0.717) is 5.92 Å². The maximum absolute atomic E-state index is 13.0. The lowest BCUT2D eigenvalue weighted by molar-refractivity contribution is 0.0705. The normalized spacial score (nSPS) is 17.6. The summed E-state index contributed by atoms with van der Waals surface area (Å²) in [5.41, 5.74) is 5.21. The summed E-state index contributed by atoms with van der Waals surface area (Å²) in [4.78, 5) is 15.0. The number of ether oxygens (including phenoxy) is 1. The fourth-order valence-electron chi connectivity index (χ4n) is 3.93. The zero-order valence-corrected chi connectivity index (χ0v) is 15.6. The summed E-state index contributed by atoms with van der Waals surface area (Å²) in [6, 6.07) is 3.87. The average molecular weight is 341 g/mol. The number of nitrogens with zero attached hydrogens (tertiary/aromatic N) is 2. The van der Waals surface area contributed by atoms with Crippen molar-refractivity contribution in [1.29, 1.82) is 0 Å². The van der Waals surface area contributed by atoms with Crippen molar-refractivity contribution >= 4 is 5.91 Å². The number of nitrogens with one attached hydrogen (secondary N) is 1. The van der Waals surface area contributed by atoms with Gasteiger partial charge in [-0.1, -0.05) is 6.92 Å². The van der Waals surface area contributed by atoms with Crippen LogP contribution in [0.25, 0.3) is 0 Å². The van der Waals surface area contributed by atoms with E-state index >= 15 is 0 Å². The monoisotopic (exact) mass is 341 g/mol. The first kappa shape index (κ1) is 17.5. The Labute approximate surface area is 149 Å². The lowest BCUT2D eigenvalue weighted by atomic mass is 9.91. The second-order valence-corrected chi connectivity index (χ2v) is 6.90. The number of likely N-dealkylation sites (tertiary alicyclic amines) is 1. The Morgan fingerprint density at radius 1 is 1.36 bits per heavy atom. The number of hydrogen-bond acceptors (Lipinski definition) is 3. The molecule has 25 heavy (non-hydrogen) atoms. The van der Waals surface area contributed by atoms with Crippen LogP contribution >= 0.6 is 0 Å². The van der Waals surface area contributed by atoms with Crippen molar-refractivity contribution in [3.05, 3.63) is 46.3 Å². The molecule has 0 unspecified atom stereocenters. The molecular weight excluding hydrogens is 314 g/mol. The van der Waals surface area contributed by atoms with Crippen molar-refractivity contribution in [3.8, 4) is 5.75 Å². The third-order valence-corrected chi connectivity index (χ3v) is 5.16. The Hall–Kier alpha value is -2.30. The van der Waals surface area contributed by atoms with Crippen LogP contribution in [0, 0.1) is 13.8 Å². The van der Waals surface area contributed by atoms with E-state index in [9.17, 15) is 4.79 Å². The van der Waals surface area contributed by atoms with Crippen LogP contribution in [0.2, 0.25) is 0 Å². The van der Waals surface area contributed by atoms with Gasteiger partial charge in [-0.3, -0.25) is 9.89 Å². The lowest BCUT2D eigenvalue weighted by Gasteiger charge is -2.33. The number of carbonyl (C=O) groups is 1. The zero-order chi connectivity index (χ0) is 18.0. The first-order chi connectivity index (χ1) is 12.0. The smallest absolute Gasteiger partial charge is 0.253 e. The van der Waals surface area contributed by atoms with Crippen LogP contribution in [0.1, 0.15) is 58.4 Å². The number of benzene rings is 1. The van der Waals surface area contributed by atoms with Crippen molar-refractivity contribution in [1.82, 2.24) is 15.1 Å². The lowest BCUT2D eigenvalue weighted by Crippen LogP contribution is -2.39. The average Bonchev–Trinajstić information content (AvgIpc) is 3.09. The number of amides is 1. The van der Waals surface area contributed by atoms with Gasteiger partial charge < -0.3 is 9.64 Å². The molecule has 0 bridgehead atoms. The highest BCUT2D eigenvalue weighted by Crippen LogP contribution is 2.30. The molecule has 1 N–H and O–H groups in total. The van der Waals surface area contributed by atoms with Gasteiger partial charge in [-0.25, -0.2) is 0 Å². The molecule has 2 heterocycles. The summed E-state index contributed by atoms with van der Waals surface area (Å²) in [6.07, 6.45) is 4.99. The summed E-state index contributed by atoms with van der Waals surface area (Å²) >= 11 is 0. The van der Waals surface area contributed by atoms with E-state index in [-0.39, 0.29) is 5.91 Å². The highest BCUT2D eigenvalue weighted by atomic mass is 16.5. The molecule has 1 aliphatic heterocycles. The van der Waals surface area contributed by atoms with E-state index in [4.69, 9.17) is 4.74 Å². The van der Waals surface area contributed by atoms with Crippen LogP contribution in [-0.4, -0.2) is 41.2 Å². The number of aromatic nitrogens is 2. The van der Waals surface area contributed by atoms with Crippen molar-refractivity contribution in [2.75, 3.05) is 20.2 Å². The third kappa shape index (κ3) is 3.41. The topological polar surface area (TPSA) is 58.2 Å². The maximum Gasteiger partial charge on any atom is 0.253 e. The molecule has 0 radical (unpaired) electrons. The Morgan fingerprint density at radius 3 is 2.72 bits per heavy atom. The fraction of sp³-hybridized carbons (Fsp3) is 0.500. The van der Waals surface area contributed by atoms with Crippen LogP contribution in [0.15, 0.2) is 18.3 Å². The first-order valence-electron chi connectivity index (χ1n) is 9.01. The van der Waals surface area contributed by atoms with Crippen molar-refractivity contribution in [2.45, 2.75) is 46.0 Å². The van der Waals surface area contributed by atoms with Crippen molar-refractivity contribution < 1.29 is 9.53 Å². The molecule has 1 saturated heterocycles. The second-order valence-electron chi connectivity index (χ2n) is 6.90. The molecule has 0 aliphatic carbocycles. The minimum absolute atomic E-state index is 0.108. The van der Waals surface area contributed by atoms with E-state index in [1.165, 1.54) is 11.3 Å². The molecule has 5 nitrogen and oxygen atoms in total. The predicted molar refractivity (Wildman–Crippen MR) is 98.3 cm³/mol. The number of H-pyrrole nitrogens is 1. The van der Waals surface area contributed by atoms with Gasteiger partial charge in [0.1, 0.15) is 5.75 Å². The standard InChI is InChI=1S/C20H27N3O2/c1-5-15-11-21-22-18(15)16-7-6-8-23(12-16)20(24)17-9-13(2)19(25-4)14(3)10-17/h9-11,16H,5-8,12H2,1-4H3,(H,21,22)/t16-/m0/s1. The molecule has 3 rings (SSSR count). The molecule has 0 saturated carbocycles. The Kier molecular flexibility index (Phi) is 5.11. The van der Waals surface area contributed by atoms with Crippen molar-refractivity contribution in [2.24, 2.45) is 0 Å². The number of aromatic amines is 1. The Bertz CT molecular complexity index is 743. The highest BCUT2D eigenvalue weighted by Gasteiger charge is 2.28. The summed E-state index contributed by atoms with van der Waals surface area (Å²) in [7, 11) is 1.67. The maximum atomic E-state index is 13.0. The molecule has 1 aliphatic rings. The highest BCUT2D eigenvalue weighted by molar-refractivity contribution is 5.95. The molecular formula is C20H27N3O2. The molecule has 1 atom stereocenters. The number of aryl methyl sites for hydroxylation is 3. The minimum atomic E-state index is 0.108. The van der Waals surface area contributed by atoms with Gasteiger partial charge in [-0.2, -0.15) is 5.10 Å². The first-order valence-corrected chi connectivity index (χ1v) is 9.01. The van der Waals surface area contributed by atoms with Crippen LogP contribution in [0.3, 0.4) is 0 Å². The van der Waals surface area contributed by atoms with Crippen LogP contribution in [-0.2, 0) is 6.42 Å². The van der Waals surface area contributed by atoms with Crippen LogP contribution in [0.4, 0.5) is 0 Å². The van der Waals surface area contributed by atoms with E-state index in [2.05, 4.69) is 17.1 Å². The minimum Gasteiger partial charge on any atom is -0.496 e. The van der Waals surface area contributed by atoms with Crippen molar-refractivity contribution in [3.63, 3.8) is 0 Å². The Balaban J connectivity index is 1.81. The van der Waals surface area contributed by atoms with Gasteiger partial charge in [0.25, 0.3) is 5.91 Å². The van der Waals surface area contributed by atoms with Gasteiger partial charge in [0.05, 0.1) is 13.3 Å². The fourth-order valence-corrected chi connectivity index (χ4v) is 3.93. The number of rotatable bonds is 4. The molecule has 2 aromatic rings. The number of carbonyl (C=O) groups excluding carboxylic acids is 1. The Morgan fingerprint density at radius 2 is 2.08 bits per heavy atom. The third-order valence-electron chi connectivity index (χ3n) is 5.16. The van der Waals surface area contributed by atoms with E-state index in [1.54, 1.807) is 7.11 Å². The predicted octanol–water partition coefficient (Wildman–Crippen LogP) is 3.62. The summed E-state index contributed by atoms with van der Waals surface area (Å²) in [5.74, 6) is 1.31. The van der Waals surface area contributed by atoms with E-state index in [1.807, 2.05) is 37.1 Å². The number of piperidine rings is 1. The van der Waals surface area contributed by atoms with Crippen LogP contribution < -0.4 is 4.74 Å². The molecule has 5 heteroatoms. The van der Waals surface area contributed by atoms with Gasteiger partial charge in [-0.15, -0.1) is 0 Å². The summed E-state index contributed by atoms with van der Waals surface area (Å²) in [5, 5.41) is 7.35. The van der Waals surface area contributed by atoms with Gasteiger partial charge in [0.2, 0.25) is 0 Å². The molecule has 1 aromatic heterocycles. The summed E-state index contributed by atoms with van der Waals surface area (Å²) in [6.45, 7) is 7.68. The zero-order valence-electron chi connectivity index (χ0n) is 15.6. The molecule has 1 amide bonds. The number of methoxy groups -OCH3 is 1. The van der Waals surface area contributed by atoms with Gasteiger partial charge >= 0.3 is 0 Å². The summed E-state index contributed by atoms with van der Waals surface area (Å²) < 4.78 is 5.41. The van der Waals surface area contributed by atoms with E-state index < -0.39 is 0 Å². The van der Waals surface area contributed by atoms with E-state index in [0.717, 1.165) is 54.8 Å². The van der Waals surface area contributed by atoms with Gasteiger partial charge in [0, 0.05) is 30.3 Å². The SMILES string of the molecule is CCc1cn[nH]c1[C@H]1CCCN(C(=O)c2cc(C)c(OC)c(C)c2)C1. The molecule has 1 aromatic carbocycles. The second kappa shape index (κ2) is 7.30.